The summed E-state index contributed by atoms with van der Waals surface area (Å²) in [4.78, 5) is 28.2. The van der Waals surface area contributed by atoms with Crippen LogP contribution >= 0.6 is 11.6 Å². The normalized spacial score (nSPS) is 17.8. The van der Waals surface area contributed by atoms with Crippen molar-refractivity contribution in [3.63, 3.8) is 0 Å². The van der Waals surface area contributed by atoms with Gasteiger partial charge >= 0.3 is 5.69 Å². The lowest BCUT2D eigenvalue weighted by atomic mass is 10.0. The number of anilines is 1. The molecule has 1 aliphatic rings. The van der Waals surface area contributed by atoms with Crippen molar-refractivity contribution < 1.29 is 19.7 Å². The lowest BCUT2D eigenvalue weighted by Crippen LogP contribution is -2.54. The molecular formula is C27H38ClN5O5. The van der Waals surface area contributed by atoms with Crippen LogP contribution in [-0.4, -0.2) is 71.4 Å². The number of ether oxygens (including phenoxy) is 2. The van der Waals surface area contributed by atoms with Crippen molar-refractivity contribution in [1.29, 1.82) is 0 Å². The van der Waals surface area contributed by atoms with Crippen LogP contribution in [0.25, 0.3) is 11.0 Å². The summed E-state index contributed by atoms with van der Waals surface area (Å²) in [5.41, 5.74) is 8.58. The third-order valence-electron chi connectivity index (χ3n) is 7.17. The SMILES string of the molecule is CCn1c(=O)n(CCCCN2CCC(NC(=O)c3cc(Cl)c(N)cc3OC)C(OC)C2)c2ccccc21.O. The second kappa shape index (κ2) is 13.1. The van der Waals surface area contributed by atoms with Crippen LogP contribution in [0.2, 0.25) is 5.02 Å². The van der Waals surface area contributed by atoms with E-state index in [1.54, 1.807) is 13.2 Å². The van der Waals surface area contributed by atoms with Crippen molar-refractivity contribution in [1.82, 2.24) is 19.4 Å². The number of aromatic nitrogens is 2. The number of unbranched alkanes of at least 4 members (excludes halogenated alkanes) is 1. The first-order chi connectivity index (χ1) is 17.9. The van der Waals surface area contributed by atoms with Crippen LogP contribution in [0.4, 0.5) is 5.69 Å². The van der Waals surface area contributed by atoms with Gasteiger partial charge in [0, 0.05) is 39.4 Å². The molecule has 11 heteroatoms. The molecule has 1 aliphatic heterocycles. The molecule has 208 valence electrons. The van der Waals surface area contributed by atoms with Crippen LogP contribution in [0.1, 0.15) is 36.5 Å². The molecule has 0 spiro atoms. The van der Waals surface area contributed by atoms with Crippen LogP contribution in [0.3, 0.4) is 0 Å². The van der Waals surface area contributed by atoms with Gasteiger partial charge in [0.1, 0.15) is 5.75 Å². The van der Waals surface area contributed by atoms with Gasteiger partial charge in [-0.3, -0.25) is 13.9 Å². The number of fused-ring (bicyclic) bond motifs is 1. The minimum absolute atomic E-state index is 0. The number of nitrogens with two attached hydrogens (primary N) is 1. The Morgan fingerprint density at radius 3 is 2.47 bits per heavy atom. The molecule has 2 heterocycles. The van der Waals surface area contributed by atoms with E-state index in [-0.39, 0.29) is 29.2 Å². The molecule has 5 N–H and O–H groups in total. The third kappa shape index (κ3) is 6.15. The molecule has 2 atom stereocenters. The summed E-state index contributed by atoms with van der Waals surface area (Å²) in [6.07, 6.45) is 2.49. The Morgan fingerprint density at radius 1 is 1.13 bits per heavy atom. The zero-order valence-corrected chi connectivity index (χ0v) is 23.0. The topological polar surface area (TPSA) is 135 Å². The number of nitrogen functional groups attached to an aromatic ring is 1. The van der Waals surface area contributed by atoms with Crippen LogP contribution in [0, 0.1) is 0 Å². The van der Waals surface area contributed by atoms with Crippen molar-refractivity contribution in [2.45, 2.75) is 51.4 Å². The second-order valence-electron chi connectivity index (χ2n) is 9.39. The summed E-state index contributed by atoms with van der Waals surface area (Å²) in [6.45, 7) is 5.82. The fraction of sp³-hybridized carbons (Fsp3) is 0.481. The maximum absolute atomic E-state index is 13.0. The Bertz CT molecular complexity index is 1310. The number of aryl methyl sites for hydroxylation is 2. The maximum Gasteiger partial charge on any atom is 0.329 e. The number of nitrogens with zero attached hydrogens (tertiary/aromatic N) is 3. The van der Waals surface area contributed by atoms with E-state index >= 15 is 0 Å². The van der Waals surface area contributed by atoms with Crippen molar-refractivity contribution in [2.75, 3.05) is 39.6 Å². The van der Waals surface area contributed by atoms with Crippen LogP contribution in [-0.2, 0) is 17.8 Å². The highest BCUT2D eigenvalue weighted by atomic mass is 35.5. The number of rotatable bonds is 10. The number of hydrogen-bond acceptors (Lipinski definition) is 6. The number of benzene rings is 2. The number of carbonyl (C=O) groups excluding carboxylic acids is 1. The largest absolute Gasteiger partial charge is 0.496 e. The molecule has 0 bridgehead atoms. The molecule has 4 rings (SSSR count). The number of carbonyl (C=O) groups is 1. The number of methoxy groups -OCH3 is 2. The van der Waals surface area contributed by atoms with Crippen molar-refractivity contribution in [3.05, 3.63) is 57.5 Å². The molecular weight excluding hydrogens is 510 g/mol. The number of halogens is 1. The van der Waals surface area contributed by atoms with Crippen LogP contribution < -0.4 is 21.5 Å². The summed E-state index contributed by atoms with van der Waals surface area (Å²) < 4.78 is 14.8. The quantitative estimate of drug-likeness (QED) is 0.296. The molecule has 2 unspecified atom stereocenters. The Balaban J connectivity index is 0.00000400. The smallest absolute Gasteiger partial charge is 0.329 e. The van der Waals surface area contributed by atoms with Gasteiger partial charge in [0.15, 0.2) is 0 Å². The lowest BCUT2D eigenvalue weighted by Gasteiger charge is -2.38. The molecule has 1 fully saturated rings. The van der Waals surface area contributed by atoms with Crippen molar-refractivity contribution in [2.24, 2.45) is 0 Å². The van der Waals surface area contributed by atoms with Crippen molar-refractivity contribution >= 4 is 34.2 Å². The summed E-state index contributed by atoms with van der Waals surface area (Å²) in [5.74, 6) is 0.114. The lowest BCUT2D eigenvalue weighted by molar-refractivity contribution is 0.00593. The number of likely N-dealkylation sites (tertiary alicyclic amines) is 1. The Hall–Kier alpha value is -3.05. The van der Waals surface area contributed by atoms with E-state index in [2.05, 4.69) is 10.2 Å². The van der Waals surface area contributed by atoms with E-state index in [0.29, 0.717) is 35.1 Å². The number of amides is 1. The van der Waals surface area contributed by atoms with Gasteiger partial charge in [-0.05, 0) is 50.9 Å². The number of nitrogens with one attached hydrogen (secondary N) is 1. The molecule has 2 aromatic carbocycles. The molecule has 0 saturated carbocycles. The standard InChI is InChI=1S/C27H36ClN5O4.H2O/c1-4-32-22-9-5-6-10-23(22)33(27(32)35)13-8-7-12-31-14-11-21(25(17-31)37-3)30-26(34)18-15-19(28)20(29)16-24(18)36-2;/h5-6,9-10,15-16,21,25H,4,7-8,11-14,17,29H2,1-3H3,(H,30,34);1H2. The van der Waals surface area contributed by atoms with Gasteiger partial charge in [-0.2, -0.15) is 0 Å². The summed E-state index contributed by atoms with van der Waals surface area (Å²) >= 11 is 6.14. The Kier molecular flexibility index (Phi) is 10.2. The molecule has 10 nitrogen and oxygen atoms in total. The molecule has 0 aliphatic carbocycles. The van der Waals surface area contributed by atoms with Crippen LogP contribution in [0.15, 0.2) is 41.2 Å². The van der Waals surface area contributed by atoms with E-state index in [1.807, 2.05) is 40.3 Å². The van der Waals surface area contributed by atoms with E-state index in [0.717, 1.165) is 49.9 Å². The molecule has 1 aromatic heterocycles. The minimum Gasteiger partial charge on any atom is -0.496 e. The molecule has 3 aromatic rings. The minimum atomic E-state index is -0.268. The van der Waals surface area contributed by atoms with Gasteiger partial charge in [0.05, 0.1) is 46.6 Å². The van der Waals surface area contributed by atoms with Gasteiger partial charge in [0.2, 0.25) is 0 Å². The highest BCUT2D eigenvalue weighted by molar-refractivity contribution is 6.33. The van der Waals surface area contributed by atoms with E-state index in [9.17, 15) is 9.59 Å². The van der Waals surface area contributed by atoms with Gasteiger partial charge in [-0.15, -0.1) is 0 Å². The van der Waals surface area contributed by atoms with E-state index in [1.165, 1.54) is 13.2 Å². The van der Waals surface area contributed by atoms with Gasteiger partial charge in [0.25, 0.3) is 5.91 Å². The Labute approximate surface area is 227 Å². The highest BCUT2D eigenvalue weighted by Crippen LogP contribution is 2.29. The highest BCUT2D eigenvalue weighted by Gasteiger charge is 2.31. The van der Waals surface area contributed by atoms with Crippen molar-refractivity contribution in [3.8, 4) is 5.75 Å². The Morgan fingerprint density at radius 2 is 1.82 bits per heavy atom. The summed E-state index contributed by atoms with van der Waals surface area (Å²) in [5, 5.41) is 3.40. The molecule has 38 heavy (non-hydrogen) atoms. The molecule has 1 amide bonds. The molecule has 0 radical (unpaired) electrons. The zero-order chi connectivity index (χ0) is 26.5. The number of piperidine rings is 1. The molecule has 1 saturated heterocycles. The van der Waals surface area contributed by atoms with E-state index < -0.39 is 0 Å². The summed E-state index contributed by atoms with van der Waals surface area (Å²) in [7, 11) is 3.16. The van der Waals surface area contributed by atoms with E-state index in [4.69, 9.17) is 26.8 Å². The third-order valence-corrected chi connectivity index (χ3v) is 7.50. The van der Waals surface area contributed by atoms with Gasteiger partial charge < -0.3 is 30.9 Å². The zero-order valence-electron chi connectivity index (χ0n) is 22.2. The monoisotopic (exact) mass is 547 g/mol. The average molecular weight is 548 g/mol. The van der Waals surface area contributed by atoms with Gasteiger partial charge in [-0.25, -0.2) is 4.79 Å². The average Bonchev–Trinajstić information content (AvgIpc) is 3.18. The number of imidazole rings is 1. The number of para-hydroxylation sites is 2. The summed E-state index contributed by atoms with van der Waals surface area (Å²) in [6, 6.07) is 10.9. The first kappa shape index (κ1) is 29.5. The second-order valence-corrected chi connectivity index (χ2v) is 9.80. The maximum atomic E-state index is 13.0. The first-order valence-electron chi connectivity index (χ1n) is 12.7. The first-order valence-corrected chi connectivity index (χ1v) is 13.1. The number of hydrogen-bond donors (Lipinski definition) is 2. The predicted molar refractivity (Wildman–Crippen MR) is 150 cm³/mol. The predicted octanol–water partition coefficient (Wildman–Crippen LogP) is 2.54. The van der Waals surface area contributed by atoms with Gasteiger partial charge in [-0.1, -0.05) is 23.7 Å². The fourth-order valence-corrected chi connectivity index (χ4v) is 5.31. The van der Waals surface area contributed by atoms with Crippen LogP contribution in [0.5, 0.6) is 5.75 Å². The fourth-order valence-electron chi connectivity index (χ4n) is 5.15.